The van der Waals surface area contributed by atoms with Gasteiger partial charge in [-0.05, 0) is 18.2 Å². The third-order valence-corrected chi connectivity index (χ3v) is 1.62. The summed E-state index contributed by atoms with van der Waals surface area (Å²) in [6.45, 7) is -0.132. The summed E-state index contributed by atoms with van der Waals surface area (Å²) in [5.74, 6) is 0. The second-order valence-electron chi connectivity index (χ2n) is 2.92. The van der Waals surface area contributed by atoms with Crippen LogP contribution in [-0.2, 0) is 0 Å². The zero-order chi connectivity index (χ0) is 10.6. The van der Waals surface area contributed by atoms with Gasteiger partial charge in [0.25, 0.3) is 0 Å². The molecular formula is C9H11F3N2. The number of benzene rings is 1. The van der Waals surface area contributed by atoms with Crippen LogP contribution in [0.5, 0.6) is 0 Å². The highest BCUT2D eigenvalue weighted by atomic mass is 19.4. The van der Waals surface area contributed by atoms with E-state index in [0.717, 1.165) is 0 Å². The van der Waals surface area contributed by atoms with Crippen LogP contribution in [0, 0.1) is 0 Å². The van der Waals surface area contributed by atoms with Gasteiger partial charge in [-0.25, -0.2) is 0 Å². The standard InChI is InChI=1S/C9H11F3N2/c10-9(11,12)4-5-14-8-3-1-2-7(13)6-8/h1-3,6,14H,4-5,13H2. The Balaban J connectivity index is 2.39. The quantitative estimate of drug-likeness (QED) is 0.743. The fourth-order valence-corrected chi connectivity index (χ4v) is 0.997. The van der Waals surface area contributed by atoms with E-state index in [9.17, 15) is 13.2 Å². The van der Waals surface area contributed by atoms with E-state index in [1.807, 2.05) is 0 Å². The molecule has 0 aromatic heterocycles. The summed E-state index contributed by atoms with van der Waals surface area (Å²) >= 11 is 0. The summed E-state index contributed by atoms with van der Waals surface area (Å²) in [6.07, 6.45) is -4.96. The Morgan fingerprint density at radius 2 is 2.00 bits per heavy atom. The van der Waals surface area contributed by atoms with Gasteiger partial charge in [0.1, 0.15) is 0 Å². The number of nitrogens with one attached hydrogen (secondary N) is 1. The van der Waals surface area contributed by atoms with Crippen molar-refractivity contribution in [2.24, 2.45) is 0 Å². The molecule has 0 aliphatic rings. The number of nitrogen functional groups attached to an aromatic ring is 1. The molecule has 5 heteroatoms. The van der Waals surface area contributed by atoms with Gasteiger partial charge < -0.3 is 11.1 Å². The van der Waals surface area contributed by atoms with Gasteiger partial charge in [-0.2, -0.15) is 13.2 Å². The minimum Gasteiger partial charge on any atom is -0.399 e. The maximum absolute atomic E-state index is 11.8. The number of hydrogen-bond acceptors (Lipinski definition) is 2. The van der Waals surface area contributed by atoms with Gasteiger partial charge >= 0.3 is 6.18 Å². The number of hydrogen-bond donors (Lipinski definition) is 2. The molecule has 14 heavy (non-hydrogen) atoms. The zero-order valence-electron chi connectivity index (χ0n) is 7.43. The van der Waals surface area contributed by atoms with Crippen molar-refractivity contribution in [3.05, 3.63) is 24.3 Å². The first kappa shape index (κ1) is 10.7. The van der Waals surface area contributed by atoms with Gasteiger partial charge in [0.05, 0.1) is 6.42 Å². The Morgan fingerprint density at radius 3 is 2.57 bits per heavy atom. The lowest BCUT2D eigenvalue weighted by molar-refractivity contribution is -0.131. The summed E-state index contributed by atoms with van der Waals surface area (Å²) in [5, 5.41) is 2.64. The topological polar surface area (TPSA) is 38.0 Å². The Morgan fingerprint density at radius 1 is 1.29 bits per heavy atom. The lowest BCUT2D eigenvalue weighted by Gasteiger charge is -2.08. The first-order valence-corrected chi connectivity index (χ1v) is 4.13. The summed E-state index contributed by atoms with van der Waals surface area (Å²) in [7, 11) is 0. The predicted molar refractivity (Wildman–Crippen MR) is 50.0 cm³/mol. The number of alkyl halides is 3. The first-order chi connectivity index (χ1) is 6.47. The van der Waals surface area contributed by atoms with Gasteiger partial charge in [0, 0.05) is 17.9 Å². The van der Waals surface area contributed by atoms with Crippen molar-refractivity contribution in [1.29, 1.82) is 0 Å². The molecule has 0 saturated carbocycles. The van der Waals surface area contributed by atoms with Gasteiger partial charge in [-0.1, -0.05) is 6.07 Å². The average Bonchev–Trinajstić information content (AvgIpc) is 2.01. The molecule has 1 aromatic carbocycles. The molecule has 0 unspecified atom stereocenters. The smallest absolute Gasteiger partial charge is 0.390 e. The van der Waals surface area contributed by atoms with E-state index < -0.39 is 12.6 Å². The molecule has 0 aliphatic carbocycles. The minimum atomic E-state index is -4.12. The van der Waals surface area contributed by atoms with Gasteiger partial charge in [-0.15, -0.1) is 0 Å². The molecule has 0 aliphatic heterocycles. The fraction of sp³-hybridized carbons (Fsp3) is 0.333. The molecule has 2 nitrogen and oxygen atoms in total. The molecule has 0 saturated heterocycles. The Labute approximate surface area is 79.9 Å². The van der Waals surface area contributed by atoms with Crippen molar-refractivity contribution in [1.82, 2.24) is 0 Å². The Kier molecular flexibility index (Phi) is 3.22. The highest BCUT2D eigenvalue weighted by Gasteiger charge is 2.25. The van der Waals surface area contributed by atoms with Crippen LogP contribution in [0.3, 0.4) is 0 Å². The minimum absolute atomic E-state index is 0.132. The molecule has 0 radical (unpaired) electrons. The van der Waals surface area contributed by atoms with E-state index in [2.05, 4.69) is 5.32 Å². The van der Waals surface area contributed by atoms with E-state index in [1.165, 1.54) is 0 Å². The van der Waals surface area contributed by atoms with Crippen molar-refractivity contribution < 1.29 is 13.2 Å². The van der Waals surface area contributed by atoms with Crippen LogP contribution in [0.15, 0.2) is 24.3 Å². The van der Waals surface area contributed by atoms with Crippen molar-refractivity contribution in [3.63, 3.8) is 0 Å². The van der Waals surface area contributed by atoms with E-state index in [1.54, 1.807) is 24.3 Å². The molecule has 1 aromatic rings. The highest BCUT2D eigenvalue weighted by Crippen LogP contribution is 2.19. The lowest BCUT2D eigenvalue weighted by Crippen LogP contribution is -2.14. The monoisotopic (exact) mass is 204 g/mol. The molecule has 0 fully saturated rings. The van der Waals surface area contributed by atoms with Crippen molar-refractivity contribution in [2.45, 2.75) is 12.6 Å². The van der Waals surface area contributed by atoms with Crippen LogP contribution in [0.2, 0.25) is 0 Å². The SMILES string of the molecule is Nc1cccc(NCCC(F)(F)F)c1. The maximum Gasteiger partial charge on any atom is 0.390 e. The number of halogens is 3. The molecule has 0 spiro atoms. The normalized spacial score (nSPS) is 11.4. The van der Waals surface area contributed by atoms with E-state index in [0.29, 0.717) is 11.4 Å². The average molecular weight is 204 g/mol. The number of anilines is 2. The van der Waals surface area contributed by atoms with E-state index >= 15 is 0 Å². The fourth-order valence-electron chi connectivity index (χ4n) is 0.997. The summed E-state index contributed by atoms with van der Waals surface area (Å²) in [5.41, 5.74) is 6.59. The van der Waals surface area contributed by atoms with Gasteiger partial charge in [-0.3, -0.25) is 0 Å². The van der Waals surface area contributed by atoms with Crippen LogP contribution in [0.25, 0.3) is 0 Å². The van der Waals surface area contributed by atoms with Crippen molar-refractivity contribution in [2.75, 3.05) is 17.6 Å². The first-order valence-electron chi connectivity index (χ1n) is 4.13. The third kappa shape index (κ3) is 4.02. The van der Waals surface area contributed by atoms with Crippen LogP contribution in [0.4, 0.5) is 24.5 Å². The third-order valence-electron chi connectivity index (χ3n) is 1.62. The van der Waals surface area contributed by atoms with E-state index in [4.69, 9.17) is 5.73 Å². The van der Waals surface area contributed by atoms with Crippen molar-refractivity contribution in [3.8, 4) is 0 Å². The second kappa shape index (κ2) is 4.21. The van der Waals surface area contributed by atoms with Crippen LogP contribution in [0.1, 0.15) is 6.42 Å². The predicted octanol–water partition coefficient (Wildman–Crippen LogP) is 2.63. The summed E-state index contributed by atoms with van der Waals surface area (Å²) in [4.78, 5) is 0. The maximum atomic E-state index is 11.8. The number of rotatable bonds is 3. The molecule has 0 heterocycles. The summed E-state index contributed by atoms with van der Waals surface area (Å²) in [6, 6.07) is 6.63. The lowest BCUT2D eigenvalue weighted by atomic mass is 10.3. The van der Waals surface area contributed by atoms with Crippen molar-refractivity contribution >= 4 is 11.4 Å². The van der Waals surface area contributed by atoms with E-state index in [-0.39, 0.29) is 6.54 Å². The number of nitrogens with two attached hydrogens (primary N) is 1. The molecule has 0 bridgehead atoms. The highest BCUT2D eigenvalue weighted by molar-refractivity contribution is 5.53. The Hall–Kier alpha value is -1.39. The molecule has 78 valence electrons. The van der Waals surface area contributed by atoms with Gasteiger partial charge in [0.2, 0.25) is 0 Å². The second-order valence-corrected chi connectivity index (χ2v) is 2.92. The largest absolute Gasteiger partial charge is 0.399 e. The Bertz CT molecular complexity index is 296. The van der Waals surface area contributed by atoms with Crippen LogP contribution in [-0.4, -0.2) is 12.7 Å². The molecule has 0 amide bonds. The molecule has 0 atom stereocenters. The zero-order valence-corrected chi connectivity index (χ0v) is 7.43. The van der Waals surface area contributed by atoms with Crippen LogP contribution < -0.4 is 11.1 Å². The molecular weight excluding hydrogens is 193 g/mol. The van der Waals surface area contributed by atoms with Gasteiger partial charge in [0.15, 0.2) is 0 Å². The molecule has 1 rings (SSSR count). The summed E-state index contributed by atoms with van der Waals surface area (Å²) < 4.78 is 35.3. The van der Waals surface area contributed by atoms with Crippen LogP contribution >= 0.6 is 0 Å². The molecule has 3 N–H and O–H groups in total.